The zero-order valence-electron chi connectivity index (χ0n) is 19.5. The Bertz CT molecular complexity index is 1040. The molecule has 0 fully saturated rings. The summed E-state index contributed by atoms with van der Waals surface area (Å²) in [5.74, 6) is 3.32. The maximum atomic E-state index is 2.65. The van der Waals surface area contributed by atoms with Gasteiger partial charge in [-0.1, -0.05) is 135 Å². The van der Waals surface area contributed by atoms with E-state index < -0.39 is 15.8 Å². The third-order valence-corrected chi connectivity index (χ3v) is 10.7. The van der Waals surface area contributed by atoms with E-state index >= 15 is 0 Å². The van der Waals surface area contributed by atoms with Crippen LogP contribution in [0, 0.1) is 5.92 Å². The molecule has 0 heterocycles. The molecule has 0 N–H and O–H groups in total. The molecule has 4 rings (SSSR count). The molecule has 166 valence electrons. The maximum Gasteiger partial charge on any atom is -0.0154 e. The molecule has 0 radical (unpaired) electrons. The largest absolute Gasteiger partial charge is 0.0628 e. The average Bonchev–Trinajstić information content (AvgIpc) is 2.88. The van der Waals surface area contributed by atoms with Gasteiger partial charge < -0.3 is 0 Å². The second-order valence-electron chi connectivity index (χ2n) is 8.60. The second-order valence-corrected chi connectivity index (χ2v) is 12.9. The van der Waals surface area contributed by atoms with E-state index in [9.17, 15) is 0 Å². The molecular weight excluding hydrogens is 434 g/mol. The summed E-state index contributed by atoms with van der Waals surface area (Å²) in [4.78, 5) is 0. The van der Waals surface area contributed by atoms with Crippen molar-refractivity contribution in [1.29, 1.82) is 0 Å². The van der Waals surface area contributed by atoms with E-state index in [4.69, 9.17) is 0 Å². The average molecular weight is 467 g/mol. The molecule has 0 nitrogen and oxygen atoms in total. The summed E-state index contributed by atoms with van der Waals surface area (Å²) < 4.78 is 0. The minimum absolute atomic E-state index is 0.580. The van der Waals surface area contributed by atoms with E-state index in [0.717, 1.165) is 6.42 Å². The zero-order valence-corrected chi connectivity index (χ0v) is 21.3. The molecule has 0 saturated heterocycles. The van der Waals surface area contributed by atoms with E-state index in [1.165, 1.54) is 27.6 Å². The highest BCUT2D eigenvalue weighted by Gasteiger charge is 2.21. The fourth-order valence-electron chi connectivity index (χ4n) is 3.93. The monoisotopic (exact) mass is 466 g/mol. The molecule has 33 heavy (non-hydrogen) atoms. The lowest BCUT2D eigenvalue weighted by Crippen LogP contribution is -2.15. The van der Waals surface area contributed by atoms with Gasteiger partial charge in [0.1, 0.15) is 0 Å². The third kappa shape index (κ3) is 6.51. The van der Waals surface area contributed by atoms with Crippen molar-refractivity contribution in [3.63, 3.8) is 0 Å². The molecule has 0 atom stereocenters. The second kappa shape index (κ2) is 12.1. The molecule has 4 aromatic carbocycles. The Hall–Kier alpha value is -2.52. The van der Waals surface area contributed by atoms with Gasteiger partial charge in [-0.05, 0) is 67.0 Å². The van der Waals surface area contributed by atoms with E-state index in [-0.39, 0.29) is 0 Å². The number of allylic oxidation sites excluding steroid dienone is 1. The van der Waals surface area contributed by atoms with Crippen LogP contribution in [-0.4, -0.2) is 0 Å². The predicted molar refractivity (Wildman–Crippen MR) is 150 cm³/mol. The normalized spacial score (nSPS) is 12.0. The van der Waals surface area contributed by atoms with Crippen LogP contribution in [0.3, 0.4) is 0 Å². The minimum Gasteiger partial charge on any atom is -0.0628 e. The summed E-state index contributed by atoms with van der Waals surface area (Å²) in [7, 11) is -1.16. The fraction of sp³-hybridized carbons (Fsp3) is 0.161. The summed E-state index contributed by atoms with van der Waals surface area (Å²) >= 11 is 0. The Labute approximate surface area is 201 Å². The number of benzene rings is 4. The summed E-state index contributed by atoms with van der Waals surface area (Å²) in [5, 5.41) is 7.29. The molecule has 0 bridgehead atoms. The Morgan fingerprint density at radius 1 is 0.576 bits per heavy atom. The lowest BCUT2D eigenvalue weighted by Gasteiger charge is -2.26. The highest BCUT2D eigenvalue weighted by atomic mass is 31.1. The van der Waals surface area contributed by atoms with Crippen LogP contribution >= 0.6 is 15.8 Å². The Morgan fingerprint density at radius 3 is 1.30 bits per heavy atom. The maximum absolute atomic E-state index is 2.65. The predicted octanol–water partition coefficient (Wildman–Crippen LogP) is 7.53. The lowest BCUT2D eigenvalue weighted by molar-refractivity contribution is 0.592. The lowest BCUT2D eigenvalue weighted by atomic mass is 10.1. The quantitative estimate of drug-likeness (QED) is 0.224. The van der Waals surface area contributed by atoms with Gasteiger partial charge in [-0.25, -0.2) is 0 Å². The summed E-state index contributed by atoms with van der Waals surface area (Å²) in [6, 6.07) is 44.4. The zero-order chi connectivity index (χ0) is 22.9. The van der Waals surface area contributed by atoms with Crippen LogP contribution in [0.4, 0.5) is 0 Å². The topological polar surface area (TPSA) is 0 Å². The van der Waals surface area contributed by atoms with Crippen molar-refractivity contribution >= 4 is 37.1 Å². The summed E-state index contributed by atoms with van der Waals surface area (Å²) in [6.07, 6.45) is 2.34. The van der Waals surface area contributed by atoms with E-state index in [1.54, 1.807) is 5.31 Å². The van der Waals surface area contributed by atoms with E-state index in [2.05, 4.69) is 141 Å². The molecule has 0 aliphatic carbocycles. The van der Waals surface area contributed by atoms with Crippen molar-refractivity contribution in [2.45, 2.75) is 26.7 Å². The molecule has 0 spiro atoms. The number of rotatable bonds is 9. The van der Waals surface area contributed by atoms with E-state index in [0.29, 0.717) is 5.92 Å². The number of hydrogen-bond donors (Lipinski definition) is 0. The molecule has 2 heteroatoms. The van der Waals surface area contributed by atoms with Gasteiger partial charge in [-0.2, -0.15) is 0 Å². The van der Waals surface area contributed by atoms with Gasteiger partial charge >= 0.3 is 0 Å². The van der Waals surface area contributed by atoms with Gasteiger partial charge in [-0.15, -0.1) is 0 Å². The molecule has 0 saturated carbocycles. The van der Waals surface area contributed by atoms with Crippen LogP contribution < -0.4 is 21.2 Å². The van der Waals surface area contributed by atoms with Crippen molar-refractivity contribution in [3.05, 3.63) is 132 Å². The van der Waals surface area contributed by atoms with Crippen molar-refractivity contribution in [2.24, 2.45) is 5.92 Å². The first-order valence-corrected chi connectivity index (χ1v) is 14.5. The van der Waals surface area contributed by atoms with Crippen molar-refractivity contribution in [2.75, 3.05) is 0 Å². The van der Waals surface area contributed by atoms with Crippen LogP contribution in [0.15, 0.2) is 132 Å². The van der Waals surface area contributed by atoms with Gasteiger partial charge in [-0.3, -0.25) is 0 Å². The molecule has 0 unspecified atom stereocenters. The molecule has 0 aliphatic rings. The first-order chi connectivity index (χ1) is 16.2. The number of hydrogen-bond acceptors (Lipinski definition) is 0. The SMILES string of the molecule is CC(C)CC/C(=C/P(c1ccccc1)c1ccccc1)P(c1ccccc1)c1ccccc1. The molecule has 0 aromatic heterocycles. The Balaban J connectivity index is 1.88. The van der Waals surface area contributed by atoms with Crippen LogP contribution in [0.25, 0.3) is 0 Å². The van der Waals surface area contributed by atoms with Crippen LogP contribution in [0.2, 0.25) is 0 Å². The Kier molecular flexibility index (Phi) is 8.65. The van der Waals surface area contributed by atoms with Gasteiger partial charge in [0.05, 0.1) is 0 Å². The highest BCUT2D eigenvalue weighted by Crippen LogP contribution is 2.50. The standard InChI is InChI=1S/C31H32P2/c1-26(2)23-24-31(33(29-19-11-5-12-20-29)30-21-13-6-14-22-30)25-32(27-15-7-3-8-16-27)28-17-9-4-10-18-28/h3-22,25-26H,23-24H2,1-2H3/b31-25-. The van der Waals surface area contributed by atoms with Crippen molar-refractivity contribution in [3.8, 4) is 0 Å². The minimum atomic E-state index is -0.581. The van der Waals surface area contributed by atoms with Crippen LogP contribution in [-0.2, 0) is 0 Å². The highest BCUT2D eigenvalue weighted by molar-refractivity contribution is 7.80. The molecular formula is C31H32P2. The third-order valence-electron chi connectivity index (χ3n) is 5.64. The van der Waals surface area contributed by atoms with Crippen LogP contribution in [0.5, 0.6) is 0 Å². The van der Waals surface area contributed by atoms with Crippen LogP contribution in [0.1, 0.15) is 26.7 Å². The van der Waals surface area contributed by atoms with Gasteiger partial charge in [0.15, 0.2) is 0 Å². The smallest absolute Gasteiger partial charge is 0.0154 e. The van der Waals surface area contributed by atoms with E-state index in [1.807, 2.05) is 0 Å². The first-order valence-electron chi connectivity index (χ1n) is 11.7. The van der Waals surface area contributed by atoms with Crippen molar-refractivity contribution < 1.29 is 0 Å². The fourth-order valence-corrected chi connectivity index (χ4v) is 9.00. The Morgan fingerprint density at radius 2 is 0.939 bits per heavy atom. The summed E-state index contributed by atoms with van der Waals surface area (Å²) in [6.45, 7) is 4.67. The van der Waals surface area contributed by atoms with Crippen molar-refractivity contribution in [1.82, 2.24) is 0 Å². The molecule has 0 aliphatic heterocycles. The molecule has 4 aromatic rings. The molecule has 0 amide bonds. The van der Waals surface area contributed by atoms with Gasteiger partial charge in [0.2, 0.25) is 0 Å². The van der Waals surface area contributed by atoms with Gasteiger partial charge in [0.25, 0.3) is 0 Å². The first kappa shape index (κ1) is 23.6. The summed E-state index contributed by atoms with van der Waals surface area (Å²) in [5.41, 5.74) is 0. The van der Waals surface area contributed by atoms with Gasteiger partial charge in [0, 0.05) is 0 Å².